The van der Waals surface area contributed by atoms with Gasteiger partial charge in [0.15, 0.2) is 0 Å². The summed E-state index contributed by atoms with van der Waals surface area (Å²) in [6.07, 6.45) is 1.51. The van der Waals surface area contributed by atoms with Crippen LogP contribution >= 0.6 is 15.9 Å². The smallest absolute Gasteiger partial charge is 0.273 e. The average Bonchev–Trinajstić information content (AvgIpc) is 2.54. The van der Waals surface area contributed by atoms with Crippen molar-refractivity contribution in [1.29, 1.82) is 0 Å². The van der Waals surface area contributed by atoms with Crippen molar-refractivity contribution >= 4 is 45.5 Å². The fourth-order valence-electron chi connectivity index (χ4n) is 2.39. The zero-order valence-electron chi connectivity index (χ0n) is 12.7. The molecule has 4 amide bonds. The van der Waals surface area contributed by atoms with Crippen LogP contribution in [0.15, 0.2) is 58.6 Å². The summed E-state index contributed by atoms with van der Waals surface area (Å²) in [6, 6.07) is 13.3. The van der Waals surface area contributed by atoms with Gasteiger partial charge in [-0.2, -0.15) is 0 Å². The summed E-state index contributed by atoms with van der Waals surface area (Å²) in [4.78, 5) is 37.9. The molecule has 2 aromatic carbocycles. The number of halogens is 1. The zero-order valence-corrected chi connectivity index (χ0v) is 14.3. The summed E-state index contributed by atoms with van der Waals surface area (Å²) in [5.41, 5.74) is 1.99. The van der Waals surface area contributed by atoms with Gasteiger partial charge in [0.25, 0.3) is 11.8 Å². The Morgan fingerprint density at radius 3 is 2.33 bits per heavy atom. The van der Waals surface area contributed by atoms with Crippen molar-refractivity contribution in [2.24, 2.45) is 0 Å². The van der Waals surface area contributed by atoms with Gasteiger partial charge in [-0.1, -0.05) is 40.2 Å². The van der Waals surface area contributed by atoms with Gasteiger partial charge in [0, 0.05) is 4.47 Å². The molecule has 1 fully saturated rings. The van der Waals surface area contributed by atoms with Gasteiger partial charge in [-0.3, -0.25) is 14.9 Å². The number of imide groups is 2. The second kappa shape index (κ2) is 6.41. The molecule has 1 N–H and O–H groups in total. The van der Waals surface area contributed by atoms with Gasteiger partial charge in [0.1, 0.15) is 5.57 Å². The minimum Gasteiger partial charge on any atom is -0.273 e. The molecule has 0 spiro atoms. The van der Waals surface area contributed by atoms with E-state index in [0.29, 0.717) is 5.69 Å². The zero-order chi connectivity index (χ0) is 17.3. The molecule has 24 heavy (non-hydrogen) atoms. The first-order chi connectivity index (χ1) is 11.5. The lowest BCUT2D eigenvalue weighted by Crippen LogP contribution is -2.54. The summed E-state index contributed by atoms with van der Waals surface area (Å²) in [7, 11) is 0. The minimum absolute atomic E-state index is 0.0770. The van der Waals surface area contributed by atoms with Crippen LogP contribution in [-0.4, -0.2) is 17.8 Å². The third kappa shape index (κ3) is 3.00. The Morgan fingerprint density at radius 2 is 1.67 bits per heavy atom. The number of amides is 4. The Morgan fingerprint density at radius 1 is 1.00 bits per heavy atom. The van der Waals surface area contributed by atoms with Gasteiger partial charge in [0.2, 0.25) is 0 Å². The molecule has 0 unspecified atom stereocenters. The van der Waals surface area contributed by atoms with Crippen LogP contribution in [0.2, 0.25) is 0 Å². The number of rotatable bonds is 2. The molecule has 0 aromatic heterocycles. The van der Waals surface area contributed by atoms with Crippen LogP contribution in [0.25, 0.3) is 6.08 Å². The van der Waals surface area contributed by atoms with Crippen molar-refractivity contribution in [2.75, 3.05) is 4.90 Å². The molecule has 0 radical (unpaired) electrons. The highest BCUT2D eigenvalue weighted by Gasteiger charge is 2.36. The van der Waals surface area contributed by atoms with Gasteiger partial charge in [-0.25, -0.2) is 9.69 Å². The number of anilines is 1. The van der Waals surface area contributed by atoms with E-state index in [1.54, 1.807) is 24.3 Å². The van der Waals surface area contributed by atoms with E-state index in [1.165, 1.54) is 6.08 Å². The lowest BCUT2D eigenvalue weighted by Gasteiger charge is -2.26. The highest BCUT2D eigenvalue weighted by atomic mass is 79.9. The van der Waals surface area contributed by atoms with Crippen molar-refractivity contribution in [3.63, 3.8) is 0 Å². The number of nitrogens with one attached hydrogen (secondary N) is 1. The number of hydrogen-bond acceptors (Lipinski definition) is 3. The van der Waals surface area contributed by atoms with E-state index in [0.717, 1.165) is 20.5 Å². The van der Waals surface area contributed by atoms with E-state index >= 15 is 0 Å². The first-order valence-corrected chi connectivity index (χ1v) is 7.99. The largest absolute Gasteiger partial charge is 0.335 e. The number of carbonyl (C=O) groups excluding carboxylic acids is 3. The predicted molar refractivity (Wildman–Crippen MR) is 94.3 cm³/mol. The summed E-state index contributed by atoms with van der Waals surface area (Å²) in [6.45, 7) is 1.88. The van der Waals surface area contributed by atoms with E-state index in [9.17, 15) is 14.4 Å². The number of carbonyl (C=O) groups is 3. The first-order valence-electron chi connectivity index (χ1n) is 7.20. The van der Waals surface area contributed by atoms with Crippen LogP contribution in [-0.2, 0) is 9.59 Å². The SMILES string of the molecule is Cc1ccccc1/C=C1\C(=O)NC(=O)N(c2ccc(Br)cc2)C1=O. The minimum atomic E-state index is -0.755. The van der Waals surface area contributed by atoms with E-state index in [-0.39, 0.29) is 5.57 Å². The van der Waals surface area contributed by atoms with Crippen molar-refractivity contribution in [3.8, 4) is 0 Å². The van der Waals surface area contributed by atoms with Gasteiger partial charge in [-0.05, 0) is 48.4 Å². The van der Waals surface area contributed by atoms with E-state index in [2.05, 4.69) is 21.2 Å². The third-order valence-corrected chi connectivity index (χ3v) is 4.20. The Labute approximate surface area is 147 Å². The maximum absolute atomic E-state index is 12.7. The maximum Gasteiger partial charge on any atom is 0.335 e. The molecule has 1 aliphatic rings. The normalized spacial score (nSPS) is 16.5. The summed E-state index contributed by atoms with van der Waals surface area (Å²) in [5.74, 6) is -1.34. The quantitative estimate of drug-likeness (QED) is 0.637. The molecule has 120 valence electrons. The van der Waals surface area contributed by atoms with Crippen LogP contribution in [0, 0.1) is 6.92 Å². The maximum atomic E-state index is 12.7. The lowest BCUT2D eigenvalue weighted by atomic mass is 10.0. The molecule has 2 aromatic rings. The van der Waals surface area contributed by atoms with Crippen LogP contribution in [0.4, 0.5) is 10.5 Å². The molecule has 0 saturated carbocycles. The predicted octanol–water partition coefficient (Wildman–Crippen LogP) is 3.42. The molecule has 5 nitrogen and oxygen atoms in total. The van der Waals surface area contributed by atoms with Gasteiger partial charge >= 0.3 is 6.03 Å². The van der Waals surface area contributed by atoms with Gasteiger partial charge in [-0.15, -0.1) is 0 Å². The second-order valence-corrected chi connectivity index (χ2v) is 6.21. The van der Waals surface area contributed by atoms with Crippen LogP contribution in [0.5, 0.6) is 0 Å². The number of nitrogens with zero attached hydrogens (tertiary/aromatic N) is 1. The number of urea groups is 1. The number of aryl methyl sites for hydroxylation is 1. The Kier molecular flexibility index (Phi) is 4.31. The second-order valence-electron chi connectivity index (χ2n) is 5.29. The highest BCUT2D eigenvalue weighted by Crippen LogP contribution is 2.24. The Bertz CT molecular complexity index is 872. The van der Waals surface area contributed by atoms with Crippen LogP contribution in [0.3, 0.4) is 0 Å². The standard InChI is InChI=1S/C18H13BrN2O3/c1-11-4-2-3-5-12(11)10-15-16(22)20-18(24)21(17(15)23)14-8-6-13(19)7-9-14/h2-10H,1H3,(H,20,22,24)/b15-10+. The van der Waals surface area contributed by atoms with Crippen molar-refractivity contribution in [2.45, 2.75) is 6.92 Å². The van der Waals surface area contributed by atoms with Crippen molar-refractivity contribution < 1.29 is 14.4 Å². The Balaban J connectivity index is 2.03. The van der Waals surface area contributed by atoms with Gasteiger partial charge in [0.05, 0.1) is 5.69 Å². The fourth-order valence-corrected chi connectivity index (χ4v) is 2.65. The number of hydrogen-bond donors (Lipinski definition) is 1. The van der Waals surface area contributed by atoms with Gasteiger partial charge < -0.3 is 0 Å². The molecular formula is C18H13BrN2O3. The molecule has 6 heteroatoms. The van der Waals surface area contributed by atoms with E-state index < -0.39 is 17.8 Å². The monoisotopic (exact) mass is 384 g/mol. The van der Waals surface area contributed by atoms with E-state index in [1.807, 2.05) is 31.2 Å². The number of barbiturate groups is 1. The summed E-state index contributed by atoms with van der Waals surface area (Å²) >= 11 is 3.30. The van der Waals surface area contributed by atoms with E-state index in [4.69, 9.17) is 0 Å². The molecule has 1 saturated heterocycles. The average molecular weight is 385 g/mol. The van der Waals surface area contributed by atoms with Crippen LogP contribution < -0.4 is 10.2 Å². The van der Waals surface area contributed by atoms with Crippen LogP contribution in [0.1, 0.15) is 11.1 Å². The molecule has 0 atom stereocenters. The molecular weight excluding hydrogens is 372 g/mol. The van der Waals surface area contributed by atoms with Crippen molar-refractivity contribution in [1.82, 2.24) is 5.32 Å². The van der Waals surface area contributed by atoms with Crippen molar-refractivity contribution in [3.05, 3.63) is 69.7 Å². The molecule has 0 bridgehead atoms. The highest BCUT2D eigenvalue weighted by molar-refractivity contribution is 9.10. The Hall–Kier alpha value is -2.73. The summed E-state index contributed by atoms with van der Waals surface area (Å²) < 4.78 is 0.822. The fraction of sp³-hybridized carbons (Fsp3) is 0.0556. The molecule has 1 heterocycles. The first kappa shape index (κ1) is 16.1. The number of benzene rings is 2. The summed E-state index contributed by atoms with van der Waals surface area (Å²) in [5, 5.41) is 2.21. The third-order valence-electron chi connectivity index (χ3n) is 3.67. The topological polar surface area (TPSA) is 66.5 Å². The molecule has 1 aliphatic heterocycles. The molecule has 3 rings (SSSR count). The lowest BCUT2D eigenvalue weighted by molar-refractivity contribution is -0.122. The molecule has 0 aliphatic carbocycles.